The molecule has 4 heteroatoms. The van der Waals surface area contributed by atoms with Gasteiger partial charge in [-0.15, -0.1) is 0 Å². The van der Waals surface area contributed by atoms with Crippen LogP contribution in [0, 0.1) is 5.41 Å². The Morgan fingerprint density at radius 3 is 2.53 bits per heavy atom. The van der Waals surface area contributed by atoms with Crippen molar-refractivity contribution in [2.75, 3.05) is 19.7 Å². The van der Waals surface area contributed by atoms with Crippen LogP contribution in [-0.4, -0.2) is 41.4 Å². The topological polar surface area (TPSA) is 49.8 Å². The van der Waals surface area contributed by atoms with Crippen molar-refractivity contribution in [3.8, 4) is 0 Å². The molecule has 0 bridgehead atoms. The van der Waals surface area contributed by atoms with E-state index in [1.54, 1.807) is 4.90 Å². The first-order chi connectivity index (χ1) is 6.76. The second-order valence-electron chi connectivity index (χ2n) is 5.62. The van der Waals surface area contributed by atoms with E-state index in [0.29, 0.717) is 13.1 Å². The maximum Gasteiger partial charge on any atom is 0.410 e. The van der Waals surface area contributed by atoms with Gasteiger partial charge in [-0.3, -0.25) is 0 Å². The summed E-state index contributed by atoms with van der Waals surface area (Å²) in [5, 5.41) is 9.18. The van der Waals surface area contributed by atoms with Crippen LogP contribution >= 0.6 is 0 Å². The maximum absolute atomic E-state index is 11.7. The third-order valence-corrected chi connectivity index (χ3v) is 2.59. The number of aliphatic hydroxyl groups excluding tert-OH is 1. The molecule has 1 heterocycles. The molecule has 0 unspecified atom stereocenters. The highest BCUT2D eigenvalue weighted by atomic mass is 16.6. The molecule has 0 radical (unpaired) electrons. The van der Waals surface area contributed by atoms with E-state index < -0.39 is 5.60 Å². The van der Waals surface area contributed by atoms with Crippen molar-refractivity contribution in [3.05, 3.63) is 0 Å². The Bertz CT molecular complexity index is 247. The van der Waals surface area contributed by atoms with E-state index in [0.717, 1.165) is 6.42 Å². The quantitative estimate of drug-likeness (QED) is 0.723. The molecule has 1 N–H and O–H groups in total. The summed E-state index contributed by atoms with van der Waals surface area (Å²) in [5.41, 5.74) is -0.605. The molecular weight excluding hydrogens is 194 g/mol. The average molecular weight is 215 g/mol. The van der Waals surface area contributed by atoms with Gasteiger partial charge in [0.1, 0.15) is 5.60 Å². The Morgan fingerprint density at radius 2 is 2.13 bits per heavy atom. The van der Waals surface area contributed by atoms with Gasteiger partial charge in [0.15, 0.2) is 0 Å². The van der Waals surface area contributed by atoms with Crippen LogP contribution in [0.4, 0.5) is 4.79 Å². The van der Waals surface area contributed by atoms with Crippen LogP contribution in [0.3, 0.4) is 0 Å². The molecule has 1 aliphatic heterocycles. The van der Waals surface area contributed by atoms with Gasteiger partial charge in [-0.05, 0) is 27.2 Å². The summed E-state index contributed by atoms with van der Waals surface area (Å²) in [7, 11) is 0. The minimum absolute atomic E-state index is 0.117. The summed E-state index contributed by atoms with van der Waals surface area (Å²) in [6.07, 6.45) is 0.558. The minimum atomic E-state index is -0.449. The number of nitrogens with zero attached hydrogens (tertiary/aromatic N) is 1. The number of hydrogen-bond acceptors (Lipinski definition) is 3. The lowest BCUT2D eigenvalue weighted by Gasteiger charge is -2.26. The molecule has 1 aliphatic rings. The number of rotatable bonds is 1. The Balaban J connectivity index is 2.51. The van der Waals surface area contributed by atoms with Crippen molar-refractivity contribution in [1.29, 1.82) is 0 Å². The number of aliphatic hydroxyl groups is 1. The number of ether oxygens (including phenoxy) is 1. The highest BCUT2D eigenvalue weighted by molar-refractivity contribution is 5.68. The van der Waals surface area contributed by atoms with E-state index in [2.05, 4.69) is 0 Å². The van der Waals surface area contributed by atoms with E-state index >= 15 is 0 Å². The molecule has 88 valence electrons. The lowest BCUT2D eigenvalue weighted by Crippen LogP contribution is -2.37. The van der Waals surface area contributed by atoms with Crippen LogP contribution in [0.5, 0.6) is 0 Å². The molecule has 1 fully saturated rings. The average Bonchev–Trinajstić information content (AvgIpc) is 2.46. The minimum Gasteiger partial charge on any atom is -0.444 e. The smallest absolute Gasteiger partial charge is 0.410 e. The fourth-order valence-electron chi connectivity index (χ4n) is 1.64. The van der Waals surface area contributed by atoms with Gasteiger partial charge in [0.05, 0.1) is 6.61 Å². The maximum atomic E-state index is 11.7. The molecule has 1 amide bonds. The second-order valence-corrected chi connectivity index (χ2v) is 5.62. The van der Waals surface area contributed by atoms with E-state index in [1.807, 2.05) is 27.7 Å². The summed E-state index contributed by atoms with van der Waals surface area (Å²) < 4.78 is 5.26. The van der Waals surface area contributed by atoms with Crippen molar-refractivity contribution in [1.82, 2.24) is 4.90 Å². The second kappa shape index (κ2) is 4.00. The van der Waals surface area contributed by atoms with E-state index in [4.69, 9.17) is 4.74 Å². The SMILES string of the molecule is CC(C)(C)OC(=O)N1CC[C@](C)(CO)C1. The number of carbonyl (C=O) groups excluding carboxylic acids is 1. The van der Waals surface area contributed by atoms with Crippen LogP contribution in [0.1, 0.15) is 34.1 Å². The highest BCUT2D eigenvalue weighted by Gasteiger charge is 2.37. The summed E-state index contributed by atoms with van der Waals surface area (Å²) in [6.45, 7) is 8.92. The van der Waals surface area contributed by atoms with Crippen molar-refractivity contribution in [3.63, 3.8) is 0 Å². The summed E-state index contributed by atoms with van der Waals surface area (Å²) in [5.74, 6) is 0. The predicted octanol–water partition coefficient (Wildman–Crippen LogP) is 1.63. The van der Waals surface area contributed by atoms with Crippen molar-refractivity contribution in [2.45, 2.75) is 39.7 Å². The number of amides is 1. The van der Waals surface area contributed by atoms with E-state index in [-0.39, 0.29) is 18.1 Å². The van der Waals surface area contributed by atoms with Crippen molar-refractivity contribution >= 4 is 6.09 Å². The zero-order chi connectivity index (χ0) is 11.7. The molecule has 0 spiro atoms. The summed E-state index contributed by atoms with van der Waals surface area (Å²) in [6, 6.07) is 0. The molecule has 1 atom stereocenters. The predicted molar refractivity (Wildman–Crippen MR) is 57.6 cm³/mol. The van der Waals surface area contributed by atoms with Gasteiger partial charge in [-0.1, -0.05) is 6.92 Å². The number of hydrogen-bond donors (Lipinski definition) is 1. The molecule has 4 nitrogen and oxygen atoms in total. The first kappa shape index (κ1) is 12.3. The molecule has 0 saturated carbocycles. The third-order valence-electron chi connectivity index (χ3n) is 2.59. The van der Waals surface area contributed by atoms with E-state index in [9.17, 15) is 9.90 Å². The highest BCUT2D eigenvalue weighted by Crippen LogP contribution is 2.29. The Hall–Kier alpha value is -0.770. The van der Waals surface area contributed by atoms with Crippen molar-refractivity contribution in [2.24, 2.45) is 5.41 Å². The van der Waals surface area contributed by atoms with Gasteiger partial charge < -0.3 is 14.7 Å². The Kier molecular flexibility index (Phi) is 3.28. The van der Waals surface area contributed by atoms with Crippen molar-refractivity contribution < 1.29 is 14.6 Å². The van der Waals surface area contributed by atoms with Gasteiger partial charge in [0.25, 0.3) is 0 Å². The lowest BCUT2D eigenvalue weighted by molar-refractivity contribution is 0.0261. The standard InChI is InChI=1S/C11H21NO3/c1-10(2,3)15-9(14)12-6-5-11(4,7-12)8-13/h13H,5-8H2,1-4H3/t11-/m0/s1. The normalized spacial score (nSPS) is 26.9. The molecular formula is C11H21NO3. The molecule has 0 aromatic carbocycles. The van der Waals surface area contributed by atoms with Gasteiger partial charge >= 0.3 is 6.09 Å². The monoisotopic (exact) mass is 215 g/mol. The first-order valence-corrected chi connectivity index (χ1v) is 5.35. The Morgan fingerprint density at radius 1 is 1.53 bits per heavy atom. The van der Waals surface area contributed by atoms with Gasteiger partial charge in [0, 0.05) is 18.5 Å². The van der Waals surface area contributed by atoms with Gasteiger partial charge in [0.2, 0.25) is 0 Å². The fourth-order valence-corrected chi connectivity index (χ4v) is 1.64. The first-order valence-electron chi connectivity index (χ1n) is 5.35. The lowest BCUT2D eigenvalue weighted by atomic mass is 9.91. The van der Waals surface area contributed by atoms with Crippen LogP contribution < -0.4 is 0 Å². The van der Waals surface area contributed by atoms with Gasteiger partial charge in [-0.2, -0.15) is 0 Å². The molecule has 1 saturated heterocycles. The molecule has 0 aromatic rings. The Labute approximate surface area is 91.2 Å². The number of carbonyl (C=O) groups is 1. The largest absolute Gasteiger partial charge is 0.444 e. The van der Waals surface area contributed by atoms with Gasteiger partial charge in [-0.25, -0.2) is 4.79 Å². The van der Waals surface area contributed by atoms with Crippen LogP contribution in [-0.2, 0) is 4.74 Å². The molecule has 1 rings (SSSR count). The fraction of sp³-hybridized carbons (Fsp3) is 0.909. The number of likely N-dealkylation sites (tertiary alicyclic amines) is 1. The summed E-state index contributed by atoms with van der Waals surface area (Å²) in [4.78, 5) is 13.4. The zero-order valence-corrected chi connectivity index (χ0v) is 10.0. The summed E-state index contributed by atoms with van der Waals surface area (Å²) >= 11 is 0. The third kappa shape index (κ3) is 3.38. The van der Waals surface area contributed by atoms with Crippen LogP contribution in [0.25, 0.3) is 0 Å². The van der Waals surface area contributed by atoms with E-state index in [1.165, 1.54) is 0 Å². The molecule has 15 heavy (non-hydrogen) atoms. The molecule has 0 aromatic heterocycles. The van der Waals surface area contributed by atoms with Crippen LogP contribution in [0.2, 0.25) is 0 Å². The zero-order valence-electron chi connectivity index (χ0n) is 10.0. The van der Waals surface area contributed by atoms with Crippen LogP contribution in [0.15, 0.2) is 0 Å². The molecule has 0 aliphatic carbocycles.